The fourth-order valence-electron chi connectivity index (χ4n) is 4.01. The van der Waals surface area contributed by atoms with E-state index in [1.54, 1.807) is 24.3 Å². The van der Waals surface area contributed by atoms with Crippen LogP contribution in [0.1, 0.15) is 21.5 Å². The quantitative estimate of drug-likeness (QED) is 0.420. The normalized spacial score (nSPS) is 22.6. The topological polar surface area (TPSA) is 83.5 Å². The average Bonchev–Trinajstić information content (AvgIpc) is 3.26. The summed E-state index contributed by atoms with van der Waals surface area (Å²) in [5.41, 5.74) is 2.32. The number of hydrogen-bond donors (Lipinski definition) is 1. The van der Waals surface area contributed by atoms with Gasteiger partial charge in [-0.2, -0.15) is 0 Å². The van der Waals surface area contributed by atoms with Crippen LogP contribution in [0.4, 0.5) is 0 Å². The van der Waals surface area contributed by atoms with E-state index in [0.717, 1.165) is 11.1 Å². The summed E-state index contributed by atoms with van der Waals surface area (Å²) in [5, 5.41) is 10.2. The van der Waals surface area contributed by atoms with Gasteiger partial charge in [-0.15, -0.1) is 0 Å². The minimum Gasteiger partial charge on any atom is -0.450 e. The van der Waals surface area contributed by atoms with Crippen LogP contribution in [0.3, 0.4) is 0 Å². The minimum atomic E-state index is -0.886. The van der Waals surface area contributed by atoms with Crippen molar-refractivity contribution in [3.63, 3.8) is 0 Å². The molecule has 0 aliphatic carbocycles. The predicted octanol–water partition coefficient (Wildman–Crippen LogP) is 3.75. The number of carbonyl (C=O) groups excluding carboxylic acids is 1. The molecule has 1 aliphatic rings. The summed E-state index contributed by atoms with van der Waals surface area (Å²) in [5.74, 6) is -0.513. The number of hydrogen-bond acceptors (Lipinski definition) is 7. The lowest BCUT2D eigenvalue weighted by Crippen LogP contribution is -2.45. The zero-order valence-electron chi connectivity index (χ0n) is 19.6. The highest BCUT2D eigenvalue weighted by Crippen LogP contribution is 2.32. The van der Waals surface area contributed by atoms with E-state index in [-0.39, 0.29) is 19.8 Å². The highest BCUT2D eigenvalue weighted by molar-refractivity contribution is 5.89. The first-order valence-electron chi connectivity index (χ1n) is 11.6. The maximum absolute atomic E-state index is 12.9. The van der Waals surface area contributed by atoms with E-state index in [2.05, 4.69) is 0 Å². The summed E-state index contributed by atoms with van der Waals surface area (Å²) >= 11 is 0. The molecule has 3 aromatic carbocycles. The largest absolute Gasteiger partial charge is 0.450 e. The van der Waals surface area contributed by atoms with Gasteiger partial charge in [0.15, 0.2) is 12.4 Å². The standard InChI is InChI=1S/C28H30O7/c1-31-28-26(34-27(30)22-15-9-4-10-16-22)25(33-19-21-13-7-3-8-14-21)24(35-28)23(17-29)32-18-20-11-5-2-6-12-20/h2-16,23-26,28-29H,17-19H2,1H3/t23-,24+,25+,26+,28+/m0/s1. The lowest BCUT2D eigenvalue weighted by Gasteiger charge is -2.28. The van der Waals surface area contributed by atoms with Crippen LogP contribution in [0.5, 0.6) is 0 Å². The van der Waals surface area contributed by atoms with Crippen LogP contribution < -0.4 is 0 Å². The highest BCUT2D eigenvalue weighted by Gasteiger charge is 2.51. The van der Waals surface area contributed by atoms with E-state index < -0.39 is 36.7 Å². The van der Waals surface area contributed by atoms with Crippen LogP contribution in [0.2, 0.25) is 0 Å². The molecule has 1 aliphatic heterocycles. The van der Waals surface area contributed by atoms with Gasteiger partial charge in [0.25, 0.3) is 0 Å². The molecule has 5 atom stereocenters. The number of carbonyl (C=O) groups is 1. The van der Waals surface area contributed by atoms with Crippen LogP contribution in [-0.2, 0) is 36.9 Å². The molecule has 0 bridgehead atoms. The summed E-state index contributed by atoms with van der Waals surface area (Å²) in [6, 6.07) is 28.0. The van der Waals surface area contributed by atoms with Crippen LogP contribution in [-0.4, -0.2) is 55.5 Å². The van der Waals surface area contributed by atoms with Crippen molar-refractivity contribution in [1.29, 1.82) is 0 Å². The predicted molar refractivity (Wildman–Crippen MR) is 128 cm³/mol. The summed E-state index contributed by atoms with van der Waals surface area (Å²) in [7, 11) is 1.48. The van der Waals surface area contributed by atoms with Crippen LogP contribution in [0.15, 0.2) is 91.0 Å². The molecule has 0 spiro atoms. The van der Waals surface area contributed by atoms with Crippen molar-refractivity contribution >= 4 is 5.97 Å². The van der Waals surface area contributed by atoms with E-state index in [0.29, 0.717) is 5.56 Å². The molecule has 4 rings (SSSR count). The summed E-state index contributed by atoms with van der Waals surface area (Å²) in [4.78, 5) is 12.9. The van der Waals surface area contributed by atoms with Crippen molar-refractivity contribution in [3.05, 3.63) is 108 Å². The van der Waals surface area contributed by atoms with Gasteiger partial charge in [0.2, 0.25) is 0 Å². The second kappa shape index (κ2) is 12.6. The lowest BCUT2D eigenvalue weighted by molar-refractivity contribution is -0.177. The number of aliphatic hydroxyl groups excluding tert-OH is 1. The lowest BCUT2D eigenvalue weighted by atomic mass is 10.0. The van der Waals surface area contributed by atoms with Gasteiger partial charge >= 0.3 is 5.97 Å². The van der Waals surface area contributed by atoms with Gasteiger partial charge in [-0.05, 0) is 23.3 Å². The van der Waals surface area contributed by atoms with E-state index in [1.807, 2.05) is 66.7 Å². The molecule has 3 aromatic rings. The molecule has 184 valence electrons. The number of aliphatic hydroxyl groups is 1. The van der Waals surface area contributed by atoms with Crippen molar-refractivity contribution in [2.24, 2.45) is 0 Å². The smallest absolute Gasteiger partial charge is 0.338 e. The SMILES string of the molecule is CO[C@@H]1O[C@H]([C@H](CO)OCc2ccccc2)[C@@H](OCc2ccccc2)[C@H]1OC(=O)c1ccccc1. The number of benzene rings is 3. The van der Waals surface area contributed by atoms with Crippen molar-refractivity contribution < 1.29 is 33.6 Å². The third kappa shape index (κ3) is 6.54. The summed E-state index contributed by atoms with van der Waals surface area (Å²) in [6.07, 6.45) is -3.95. The fourth-order valence-corrected chi connectivity index (χ4v) is 4.01. The van der Waals surface area contributed by atoms with E-state index in [9.17, 15) is 9.90 Å². The second-order valence-electron chi connectivity index (χ2n) is 8.22. The van der Waals surface area contributed by atoms with Crippen molar-refractivity contribution in [3.8, 4) is 0 Å². The Morgan fingerprint density at radius 2 is 1.43 bits per heavy atom. The van der Waals surface area contributed by atoms with Gasteiger partial charge in [0.1, 0.15) is 18.3 Å². The molecular formula is C28H30O7. The first-order valence-corrected chi connectivity index (χ1v) is 11.6. The maximum Gasteiger partial charge on any atom is 0.338 e. The Kier molecular flexibility index (Phi) is 9.00. The van der Waals surface area contributed by atoms with Gasteiger partial charge < -0.3 is 28.8 Å². The third-order valence-electron chi connectivity index (χ3n) is 5.83. The Morgan fingerprint density at radius 3 is 2.00 bits per heavy atom. The summed E-state index contributed by atoms with van der Waals surface area (Å²) in [6.45, 7) is 0.236. The zero-order chi connectivity index (χ0) is 24.5. The third-order valence-corrected chi connectivity index (χ3v) is 5.83. The van der Waals surface area contributed by atoms with Gasteiger partial charge in [-0.1, -0.05) is 78.9 Å². The number of esters is 1. The molecule has 1 heterocycles. The van der Waals surface area contributed by atoms with E-state index in [4.69, 9.17) is 23.7 Å². The Hall–Kier alpha value is -3.07. The molecule has 0 amide bonds. The molecule has 0 saturated carbocycles. The average molecular weight is 479 g/mol. The van der Waals surface area contributed by atoms with Crippen molar-refractivity contribution in [1.82, 2.24) is 0 Å². The number of ether oxygens (including phenoxy) is 5. The fraction of sp³-hybridized carbons (Fsp3) is 0.321. The molecule has 35 heavy (non-hydrogen) atoms. The van der Waals surface area contributed by atoms with Gasteiger partial charge in [0.05, 0.1) is 25.4 Å². The molecule has 1 N–H and O–H groups in total. The highest BCUT2D eigenvalue weighted by atomic mass is 16.7. The summed E-state index contributed by atoms with van der Waals surface area (Å²) < 4.78 is 29.7. The van der Waals surface area contributed by atoms with Crippen LogP contribution in [0.25, 0.3) is 0 Å². The number of methoxy groups -OCH3 is 1. The van der Waals surface area contributed by atoms with Crippen LogP contribution >= 0.6 is 0 Å². The van der Waals surface area contributed by atoms with Gasteiger partial charge in [0, 0.05) is 7.11 Å². The monoisotopic (exact) mass is 478 g/mol. The Morgan fingerprint density at radius 1 is 0.857 bits per heavy atom. The maximum atomic E-state index is 12.9. The van der Waals surface area contributed by atoms with Gasteiger partial charge in [-0.3, -0.25) is 0 Å². The molecule has 0 radical (unpaired) electrons. The van der Waals surface area contributed by atoms with Crippen molar-refractivity contribution in [2.75, 3.05) is 13.7 Å². The molecule has 0 aromatic heterocycles. The minimum absolute atomic E-state index is 0.262. The van der Waals surface area contributed by atoms with Crippen molar-refractivity contribution in [2.45, 2.75) is 43.9 Å². The Balaban J connectivity index is 1.54. The molecule has 7 heteroatoms. The first-order chi connectivity index (χ1) is 17.2. The molecule has 1 saturated heterocycles. The zero-order valence-corrected chi connectivity index (χ0v) is 19.6. The first kappa shape index (κ1) is 25.0. The molecule has 0 unspecified atom stereocenters. The Labute approximate surface area is 205 Å². The number of rotatable bonds is 11. The second-order valence-corrected chi connectivity index (χ2v) is 8.22. The van der Waals surface area contributed by atoms with E-state index >= 15 is 0 Å². The Bertz CT molecular complexity index is 1030. The molecule has 7 nitrogen and oxygen atoms in total. The van der Waals surface area contributed by atoms with E-state index in [1.165, 1.54) is 7.11 Å². The van der Waals surface area contributed by atoms with Crippen LogP contribution in [0, 0.1) is 0 Å². The molecular weight excluding hydrogens is 448 g/mol. The van der Waals surface area contributed by atoms with Gasteiger partial charge in [-0.25, -0.2) is 4.79 Å². The molecule has 1 fully saturated rings.